The maximum atomic E-state index is 11.5. The molecule has 4 N–H and O–H groups in total. The Hall–Kier alpha value is -1.59. The molecule has 0 aromatic heterocycles. The lowest BCUT2D eigenvalue weighted by Crippen LogP contribution is -2.53. The van der Waals surface area contributed by atoms with E-state index in [1.165, 1.54) is 0 Å². The minimum atomic E-state index is -0.410. The van der Waals surface area contributed by atoms with E-state index in [2.05, 4.69) is 0 Å². The van der Waals surface area contributed by atoms with E-state index in [0.29, 0.717) is 26.3 Å². The van der Waals surface area contributed by atoms with Crippen LogP contribution in [0.2, 0.25) is 0 Å². The molecule has 18 heavy (non-hydrogen) atoms. The van der Waals surface area contributed by atoms with Crippen LogP contribution in [0.3, 0.4) is 0 Å². The quantitative estimate of drug-likeness (QED) is 0.798. The van der Waals surface area contributed by atoms with Crippen LogP contribution in [-0.4, -0.2) is 31.7 Å². The van der Waals surface area contributed by atoms with Crippen LogP contribution < -0.4 is 16.4 Å². The molecule has 1 saturated heterocycles. The smallest absolute Gasteiger partial charge is 0.242 e. The normalized spacial score (nSPS) is 19.9. The summed E-state index contributed by atoms with van der Waals surface area (Å²) in [6, 6.07) is 5.65. The average molecular weight is 249 g/mol. The summed E-state index contributed by atoms with van der Waals surface area (Å²) >= 11 is 0. The van der Waals surface area contributed by atoms with Crippen molar-refractivity contribution >= 4 is 11.6 Å². The zero-order valence-corrected chi connectivity index (χ0v) is 10.6. The highest BCUT2D eigenvalue weighted by molar-refractivity contribution is 5.84. The summed E-state index contributed by atoms with van der Waals surface area (Å²) in [6.07, 6.45) is 0. The van der Waals surface area contributed by atoms with E-state index in [4.69, 9.17) is 16.2 Å². The Morgan fingerprint density at radius 1 is 1.56 bits per heavy atom. The van der Waals surface area contributed by atoms with Gasteiger partial charge in [0.1, 0.15) is 6.04 Å². The number of morpholine rings is 1. The van der Waals surface area contributed by atoms with Crippen LogP contribution in [0.5, 0.6) is 0 Å². The first-order valence-corrected chi connectivity index (χ1v) is 6.06. The van der Waals surface area contributed by atoms with Crippen molar-refractivity contribution < 1.29 is 9.53 Å². The van der Waals surface area contributed by atoms with Crippen molar-refractivity contribution in [3.05, 3.63) is 29.3 Å². The van der Waals surface area contributed by atoms with E-state index in [1.54, 1.807) is 0 Å². The number of rotatable bonds is 3. The molecule has 1 unspecified atom stereocenters. The Labute approximate surface area is 107 Å². The van der Waals surface area contributed by atoms with E-state index in [1.807, 2.05) is 30.0 Å². The molecule has 1 aliphatic heterocycles. The van der Waals surface area contributed by atoms with Gasteiger partial charge in [-0.2, -0.15) is 0 Å². The topological polar surface area (TPSA) is 81.6 Å². The summed E-state index contributed by atoms with van der Waals surface area (Å²) in [5.74, 6) is -0.363. The average Bonchev–Trinajstić information content (AvgIpc) is 2.38. The van der Waals surface area contributed by atoms with Gasteiger partial charge in [-0.15, -0.1) is 0 Å². The molecule has 0 bridgehead atoms. The highest BCUT2D eigenvalue weighted by atomic mass is 16.5. The van der Waals surface area contributed by atoms with E-state index < -0.39 is 6.04 Å². The molecule has 0 spiro atoms. The van der Waals surface area contributed by atoms with Gasteiger partial charge in [-0.1, -0.05) is 17.7 Å². The second kappa shape index (κ2) is 5.37. The van der Waals surface area contributed by atoms with Gasteiger partial charge in [0, 0.05) is 18.8 Å². The SMILES string of the molecule is Cc1ccc(N2CCOCC2C(N)=O)c(CN)c1. The fourth-order valence-corrected chi connectivity index (χ4v) is 2.29. The monoisotopic (exact) mass is 249 g/mol. The lowest BCUT2D eigenvalue weighted by Gasteiger charge is -2.36. The number of carbonyl (C=O) groups excluding carboxylic acids is 1. The summed E-state index contributed by atoms with van der Waals surface area (Å²) in [6.45, 7) is 4.06. The van der Waals surface area contributed by atoms with Gasteiger partial charge in [-0.05, 0) is 18.6 Å². The number of hydrogen-bond acceptors (Lipinski definition) is 4. The molecule has 1 heterocycles. The minimum absolute atomic E-state index is 0.340. The van der Waals surface area contributed by atoms with Gasteiger partial charge >= 0.3 is 0 Å². The molecule has 0 radical (unpaired) electrons. The third kappa shape index (κ3) is 2.47. The van der Waals surface area contributed by atoms with Gasteiger partial charge < -0.3 is 21.1 Å². The van der Waals surface area contributed by atoms with Crippen molar-refractivity contribution in [2.45, 2.75) is 19.5 Å². The molecule has 1 aliphatic rings. The van der Waals surface area contributed by atoms with E-state index in [0.717, 1.165) is 16.8 Å². The van der Waals surface area contributed by atoms with Crippen molar-refractivity contribution in [1.82, 2.24) is 0 Å². The fourth-order valence-electron chi connectivity index (χ4n) is 2.29. The van der Waals surface area contributed by atoms with Crippen molar-refractivity contribution in [2.24, 2.45) is 11.5 Å². The lowest BCUT2D eigenvalue weighted by atomic mass is 10.1. The molecule has 1 atom stereocenters. The molecule has 0 aliphatic carbocycles. The largest absolute Gasteiger partial charge is 0.377 e. The Balaban J connectivity index is 2.36. The predicted molar refractivity (Wildman–Crippen MR) is 70.2 cm³/mol. The van der Waals surface area contributed by atoms with Gasteiger partial charge in [-0.3, -0.25) is 4.79 Å². The van der Waals surface area contributed by atoms with Crippen LogP contribution in [0.15, 0.2) is 18.2 Å². The second-order valence-corrected chi connectivity index (χ2v) is 4.52. The van der Waals surface area contributed by atoms with Gasteiger partial charge in [0.2, 0.25) is 5.91 Å². The third-order valence-corrected chi connectivity index (χ3v) is 3.22. The van der Waals surface area contributed by atoms with E-state index >= 15 is 0 Å². The highest BCUT2D eigenvalue weighted by Gasteiger charge is 2.28. The highest BCUT2D eigenvalue weighted by Crippen LogP contribution is 2.25. The first-order valence-electron chi connectivity index (χ1n) is 6.06. The predicted octanol–water partition coefficient (Wildman–Crippen LogP) is 0.144. The summed E-state index contributed by atoms with van der Waals surface area (Å²) in [5.41, 5.74) is 14.4. The number of aryl methyl sites for hydroxylation is 1. The van der Waals surface area contributed by atoms with Gasteiger partial charge in [0.25, 0.3) is 0 Å². The first kappa shape index (κ1) is 12.9. The standard InChI is InChI=1S/C13H19N3O2/c1-9-2-3-11(10(6-9)7-14)16-4-5-18-8-12(16)13(15)17/h2-3,6,12H,4-5,7-8,14H2,1H3,(H2,15,17). The summed E-state index contributed by atoms with van der Waals surface area (Å²) in [5, 5.41) is 0. The Kier molecular flexibility index (Phi) is 3.84. The number of amides is 1. The van der Waals surface area contributed by atoms with E-state index in [-0.39, 0.29) is 5.91 Å². The first-order chi connectivity index (χ1) is 8.63. The van der Waals surface area contributed by atoms with Crippen LogP contribution in [0.25, 0.3) is 0 Å². The Bertz CT molecular complexity index is 448. The minimum Gasteiger partial charge on any atom is -0.377 e. The van der Waals surface area contributed by atoms with Crippen molar-refractivity contribution in [3.63, 3.8) is 0 Å². The van der Waals surface area contributed by atoms with Gasteiger partial charge in [-0.25, -0.2) is 0 Å². The number of nitrogens with zero attached hydrogens (tertiary/aromatic N) is 1. The molecule has 0 saturated carbocycles. The molecule has 98 valence electrons. The number of primary amides is 1. The number of nitrogens with two attached hydrogens (primary N) is 2. The molecule has 1 aromatic rings. The fraction of sp³-hybridized carbons (Fsp3) is 0.462. The van der Waals surface area contributed by atoms with Crippen LogP contribution in [0.4, 0.5) is 5.69 Å². The molecule has 5 heteroatoms. The third-order valence-electron chi connectivity index (χ3n) is 3.22. The van der Waals surface area contributed by atoms with Gasteiger partial charge in [0.15, 0.2) is 0 Å². The molecule has 5 nitrogen and oxygen atoms in total. The van der Waals surface area contributed by atoms with Crippen molar-refractivity contribution in [3.8, 4) is 0 Å². The lowest BCUT2D eigenvalue weighted by molar-refractivity contribution is -0.121. The van der Waals surface area contributed by atoms with Crippen LogP contribution in [0, 0.1) is 6.92 Å². The number of ether oxygens (including phenoxy) is 1. The molecule has 1 aromatic carbocycles. The zero-order chi connectivity index (χ0) is 13.1. The molecule has 2 rings (SSSR count). The summed E-state index contributed by atoms with van der Waals surface area (Å²) < 4.78 is 5.32. The molecule has 1 fully saturated rings. The number of benzene rings is 1. The Morgan fingerprint density at radius 2 is 2.33 bits per heavy atom. The van der Waals surface area contributed by atoms with Crippen molar-refractivity contribution in [1.29, 1.82) is 0 Å². The summed E-state index contributed by atoms with van der Waals surface area (Å²) in [4.78, 5) is 13.5. The zero-order valence-electron chi connectivity index (χ0n) is 10.6. The Morgan fingerprint density at radius 3 is 3.00 bits per heavy atom. The maximum absolute atomic E-state index is 11.5. The number of carbonyl (C=O) groups is 1. The van der Waals surface area contributed by atoms with Crippen LogP contribution in [-0.2, 0) is 16.1 Å². The van der Waals surface area contributed by atoms with Crippen LogP contribution >= 0.6 is 0 Å². The van der Waals surface area contributed by atoms with Gasteiger partial charge in [0.05, 0.1) is 13.2 Å². The number of hydrogen-bond donors (Lipinski definition) is 2. The number of anilines is 1. The summed E-state index contributed by atoms with van der Waals surface area (Å²) in [7, 11) is 0. The van der Waals surface area contributed by atoms with E-state index in [9.17, 15) is 4.79 Å². The molecular weight excluding hydrogens is 230 g/mol. The second-order valence-electron chi connectivity index (χ2n) is 4.52. The van der Waals surface area contributed by atoms with Crippen molar-refractivity contribution in [2.75, 3.05) is 24.7 Å². The molecule has 1 amide bonds. The molecular formula is C13H19N3O2. The maximum Gasteiger partial charge on any atom is 0.242 e. The van der Waals surface area contributed by atoms with Crippen LogP contribution in [0.1, 0.15) is 11.1 Å².